The Bertz CT molecular complexity index is 415. The van der Waals surface area contributed by atoms with Gasteiger partial charge in [0.2, 0.25) is 0 Å². The van der Waals surface area contributed by atoms with Gasteiger partial charge in [-0.25, -0.2) is 0 Å². The lowest BCUT2D eigenvalue weighted by Crippen LogP contribution is -2.59. The zero-order valence-electron chi connectivity index (χ0n) is 19.0. The van der Waals surface area contributed by atoms with E-state index in [1.807, 2.05) is 0 Å². The van der Waals surface area contributed by atoms with E-state index in [1.54, 1.807) is 0 Å². The Morgan fingerprint density at radius 1 is 0.700 bits per heavy atom. The van der Waals surface area contributed by atoms with Gasteiger partial charge in [-0.05, 0) is 32.1 Å². The quantitative estimate of drug-likeness (QED) is 0.195. The molecule has 0 aromatic heterocycles. The molecular formula is C24H46O6. The minimum absolute atomic E-state index is 0.421. The second-order valence-electron chi connectivity index (χ2n) is 8.51. The van der Waals surface area contributed by atoms with Gasteiger partial charge in [-0.2, -0.15) is 0 Å². The lowest BCUT2D eigenvalue weighted by atomic mass is 9.99. The van der Waals surface area contributed by atoms with Crippen LogP contribution in [0.2, 0.25) is 0 Å². The third-order valence-corrected chi connectivity index (χ3v) is 5.79. The summed E-state index contributed by atoms with van der Waals surface area (Å²) in [6, 6.07) is 0. The maximum Gasteiger partial charge on any atom is 0.186 e. The molecule has 1 fully saturated rings. The molecule has 178 valence electrons. The van der Waals surface area contributed by atoms with Crippen LogP contribution in [0.15, 0.2) is 12.2 Å². The summed E-state index contributed by atoms with van der Waals surface area (Å²) in [4.78, 5) is 0. The molecule has 0 saturated carbocycles. The van der Waals surface area contributed by atoms with E-state index < -0.39 is 37.3 Å². The maximum absolute atomic E-state index is 9.91. The summed E-state index contributed by atoms with van der Waals surface area (Å²) >= 11 is 0. The molecule has 6 nitrogen and oxygen atoms in total. The van der Waals surface area contributed by atoms with Crippen LogP contribution in [-0.4, -0.2) is 64.3 Å². The standard InChI is InChI=1S/C24H46O6/c1-2-3-4-5-6-7-8-9-10-11-12-13-14-15-16-17-18-29-24-23(28)22(27)21(26)20(19-25)30-24/h9-10,20-28H,2-8,11-19H2,1H3. The highest BCUT2D eigenvalue weighted by atomic mass is 16.7. The van der Waals surface area contributed by atoms with Crippen molar-refractivity contribution in [3.05, 3.63) is 12.2 Å². The SMILES string of the molecule is CCCCCCCCC=CCCCCCCCCOC1OC(CO)C(O)C(O)C1O. The fourth-order valence-corrected chi connectivity index (χ4v) is 3.75. The Morgan fingerprint density at radius 3 is 1.80 bits per heavy atom. The third-order valence-electron chi connectivity index (χ3n) is 5.79. The summed E-state index contributed by atoms with van der Waals surface area (Å²) in [6.45, 7) is 2.24. The first-order chi connectivity index (χ1) is 14.6. The van der Waals surface area contributed by atoms with Crippen LogP contribution in [0, 0.1) is 0 Å². The Balaban J connectivity index is 1.90. The predicted molar refractivity (Wildman–Crippen MR) is 119 cm³/mol. The molecule has 30 heavy (non-hydrogen) atoms. The number of rotatable bonds is 18. The van der Waals surface area contributed by atoms with Gasteiger partial charge in [0.15, 0.2) is 6.29 Å². The van der Waals surface area contributed by atoms with Crippen molar-refractivity contribution in [2.45, 2.75) is 128 Å². The van der Waals surface area contributed by atoms with E-state index in [1.165, 1.54) is 70.6 Å². The second-order valence-corrected chi connectivity index (χ2v) is 8.51. The largest absolute Gasteiger partial charge is 0.394 e. The molecule has 1 heterocycles. The van der Waals surface area contributed by atoms with Gasteiger partial charge >= 0.3 is 0 Å². The van der Waals surface area contributed by atoms with Crippen molar-refractivity contribution >= 4 is 0 Å². The van der Waals surface area contributed by atoms with Gasteiger partial charge in [-0.3, -0.25) is 0 Å². The molecule has 4 N–H and O–H groups in total. The van der Waals surface area contributed by atoms with Gasteiger partial charge in [0.05, 0.1) is 6.61 Å². The molecule has 1 saturated heterocycles. The van der Waals surface area contributed by atoms with E-state index in [4.69, 9.17) is 14.6 Å². The Morgan fingerprint density at radius 2 is 1.23 bits per heavy atom. The highest BCUT2D eigenvalue weighted by Gasteiger charge is 2.43. The van der Waals surface area contributed by atoms with Crippen LogP contribution in [-0.2, 0) is 9.47 Å². The lowest BCUT2D eigenvalue weighted by molar-refractivity contribution is -0.301. The van der Waals surface area contributed by atoms with Crippen LogP contribution in [0.1, 0.15) is 96.8 Å². The first-order valence-electron chi connectivity index (χ1n) is 12.2. The lowest BCUT2D eigenvalue weighted by Gasteiger charge is -2.39. The summed E-state index contributed by atoms with van der Waals surface area (Å²) in [7, 11) is 0. The summed E-state index contributed by atoms with van der Waals surface area (Å²) in [5.41, 5.74) is 0. The predicted octanol–water partition coefficient (Wildman–Crippen LogP) is 3.84. The van der Waals surface area contributed by atoms with E-state index in [-0.39, 0.29) is 0 Å². The Kier molecular flexibility index (Phi) is 16.6. The molecule has 0 radical (unpaired) electrons. The van der Waals surface area contributed by atoms with Crippen LogP contribution in [0.4, 0.5) is 0 Å². The molecule has 1 aliphatic heterocycles. The monoisotopic (exact) mass is 430 g/mol. The number of hydrogen-bond acceptors (Lipinski definition) is 6. The van der Waals surface area contributed by atoms with E-state index in [9.17, 15) is 15.3 Å². The average molecular weight is 431 g/mol. The van der Waals surface area contributed by atoms with Crippen LogP contribution in [0.3, 0.4) is 0 Å². The fourth-order valence-electron chi connectivity index (χ4n) is 3.75. The molecule has 0 spiro atoms. The molecule has 5 atom stereocenters. The topological polar surface area (TPSA) is 99.4 Å². The summed E-state index contributed by atoms with van der Waals surface area (Å²) in [5.74, 6) is 0. The smallest absolute Gasteiger partial charge is 0.186 e. The van der Waals surface area contributed by atoms with Crippen LogP contribution in [0.25, 0.3) is 0 Å². The van der Waals surface area contributed by atoms with E-state index in [2.05, 4.69) is 19.1 Å². The van der Waals surface area contributed by atoms with Crippen molar-refractivity contribution in [1.29, 1.82) is 0 Å². The van der Waals surface area contributed by atoms with Crippen molar-refractivity contribution in [1.82, 2.24) is 0 Å². The minimum Gasteiger partial charge on any atom is -0.394 e. The zero-order valence-corrected chi connectivity index (χ0v) is 19.0. The molecule has 6 heteroatoms. The van der Waals surface area contributed by atoms with E-state index in [0.29, 0.717) is 6.61 Å². The van der Waals surface area contributed by atoms with Crippen molar-refractivity contribution < 1.29 is 29.9 Å². The summed E-state index contributed by atoms with van der Waals surface area (Å²) in [6.07, 6.45) is 16.0. The zero-order chi connectivity index (χ0) is 22.0. The van der Waals surface area contributed by atoms with Crippen LogP contribution in [0.5, 0.6) is 0 Å². The number of ether oxygens (including phenoxy) is 2. The summed E-state index contributed by atoms with van der Waals surface area (Å²) < 4.78 is 10.8. The molecule has 1 rings (SSSR count). The Labute approximate surface area is 183 Å². The minimum atomic E-state index is -1.37. The van der Waals surface area contributed by atoms with Crippen LogP contribution >= 0.6 is 0 Å². The number of aliphatic hydroxyl groups excluding tert-OH is 4. The van der Waals surface area contributed by atoms with Crippen molar-refractivity contribution in [3.8, 4) is 0 Å². The van der Waals surface area contributed by atoms with Crippen molar-refractivity contribution in [2.24, 2.45) is 0 Å². The van der Waals surface area contributed by atoms with E-state index >= 15 is 0 Å². The number of unbranched alkanes of at least 4 members (excludes halogenated alkanes) is 12. The number of hydrogen-bond donors (Lipinski definition) is 4. The normalized spacial score (nSPS) is 27.2. The fraction of sp³-hybridized carbons (Fsp3) is 0.917. The average Bonchev–Trinajstić information content (AvgIpc) is 2.75. The second kappa shape index (κ2) is 18.1. The molecule has 1 aliphatic rings. The molecule has 0 amide bonds. The highest BCUT2D eigenvalue weighted by Crippen LogP contribution is 2.22. The first-order valence-corrected chi connectivity index (χ1v) is 12.2. The number of allylic oxidation sites excluding steroid dienone is 2. The van der Waals surface area contributed by atoms with Gasteiger partial charge in [-0.15, -0.1) is 0 Å². The van der Waals surface area contributed by atoms with Crippen molar-refractivity contribution in [3.63, 3.8) is 0 Å². The molecule has 5 unspecified atom stereocenters. The maximum atomic E-state index is 9.91. The molecule has 0 bridgehead atoms. The molecule has 0 aromatic carbocycles. The van der Waals surface area contributed by atoms with Crippen LogP contribution < -0.4 is 0 Å². The van der Waals surface area contributed by atoms with Crippen molar-refractivity contribution in [2.75, 3.05) is 13.2 Å². The first kappa shape index (κ1) is 27.5. The van der Waals surface area contributed by atoms with Gasteiger partial charge < -0.3 is 29.9 Å². The molecular weight excluding hydrogens is 384 g/mol. The van der Waals surface area contributed by atoms with Gasteiger partial charge in [0.1, 0.15) is 24.4 Å². The van der Waals surface area contributed by atoms with E-state index in [0.717, 1.165) is 19.3 Å². The number of aliphatic hydroxyl groups is 4. The molecule has 0 aliphatic carbocycles. The van der Waals surface area contributed by atoms with Gasteiger partial charge in [0.25, 0.3) is 0 Å². The molecule has 0 aromatic rings. The Hall–Kier alpha value is -0.500. The highest BCUT2D eigenvalue weighted by molar-refractivity contribution is 4.88. The van der Waals surface area contributed by atoms with Gasteiger partial charge in [0, 0.05) is 6.61 Å². The summed E-state index contributed by atoms with van der Waals surface area (Å²) in [5, 5.41) is 38.6. The third kappa shape index (κ3) is 11.8. The van der Waals surface area contributed by atoms with Gasteiger partial charge in [-0.1, -0.05) is 76.9 Å².